The molecule has 0 atom stereocenters. The zero-order valence-electron chi connectivity index (χ0n) is 10.7. The first kappa shape index (κ1) is 12.4. The van der Waals surface area contributed by atoms with Gasteiger partial charge in [0.25, 0.3) is 0 Å². The molecule has 0 unspecified atom stereocenters. The summed E-state index contributed by atoms with van der Waals surface area (Å²) in [6.07, 6.45) is 0. The second-order valence-electron chi connectivity index (χ2n) is 4.00. The van der Waals surface area contributed by atoms with Gasteiger partial charge in [-0.15, -0.1) is 0 Å². The number of rotatable bonds is 3. The number of aromatic hydroxyl groups is 2. The third kappa shape index (κ3) is 1.79. The van der Waals surface area contributed by atoms with Crippen molar-refractivity contribution in [2.24, 2.45) is 0 Å². The van der Waals surface area contributed by atoms with Crippen molar-refractivity contribution in [3.63, 3.8) is 0 Å². The Labute approximate surface area is 105 Å². The summed E-state index contributed by atoms with van der Waals surface area (Å²) < 4.78 is 10.5. The van der Waals surface area contributed by atoms with E-state index in [1.54, 1.807) is 25.1 Å². The van der Waals surface area contributed by atoms with Crippen molar-refractivity contribution < 1.29 is 19.7 Å². The maximum atomic E-state index is 10.1. The first-order chi connectivity index (χ1) is 8.60. The first-order valence-corrected chi connectivity index (χ1v) is 5.75. The lowest BCUT2D eigenvalue weighted by atomic mass is 10.0. The average Bonchev–Trinajstić information content (AvgIpc) is 2.37. The number of hydrogen-bond acceptors (Lipinski definition) is 4. The lowest BCUT2D eigenvalue weighted by Gasteiger charge is -2.13. The zero-order chi connectivity index (χ0) is 13.3. The van der Waals surface area contributed by atoms with Crippen molar-refractivity contribution >= 4 is 10.8 Å². The molecule has 0 radical (unpaired) electrons. The molecule has 0 bridgehead atoms. The second kappa shape index (κ2) is 4.64. The summed E-state index contributed by atoms with van der Waals surface area (Å²) in [5.74, 6) is 1.08. The molecule has 0 amide bonds. The molecule has 2 aromatic rings. The van der Waals surface area contributed by atoms with E-state index in [9.17, 15) is 10.2 Å². The molecule has 0 spiro atoms. The van der Waals surface area contributed by atoms with Gasteiger partial charge in [0.15, 0.2) is 11.5 Å². The quantitative estimate of drug-likeness (QED) is 0.820. The minimum atomic E-state index is 0.0332. The van der Waals surface area contributed by atoms with Crippen LogP contribution < -0.4 is 9.47 Å². The number of phenolic OH excluding ortho intramolecular Hbond substituents is 2. The maximum absolute atomic E-state index is 10.1. The highest BCUT2D eigenvalue weighted by atomic mass is 16.5. The van der Waals surface area contributed by atoms with E-state index in [0.29, 0.717) is 34.4 Å². The Bertz CT molecular complexity index is 590. The van der Waals surface area contributed by atoms with Gasteiger partial charge in [0, 0.05) is 16.3 Å². The molecule has 0 aromatic heterocycles. The molecule has 0 aliphatic carbocycles. The standard InChI is InChI=1S/C14H16O4/c1-4-18-9-5-6-10-11(7-9)12(15)8(2)14(17-3)13(10)16/h5-7,15-16H,4H2,1-3H3. The van der Waals surface area contributed by atoms with Crippen LogP contribution in [0.1, 0.15) is 12.5 Å². The molecular weight excluding hydrogens is 232 g/mol. The van der Waals surface area contributed by atoms with Crippen molar-refractivity contribution in [2.75, 3.05) is 13.7 Å². The lowest BCUT2D eigenvalue weighted by Crippen LogP contribution is -1.93. The SMILES string of the molecule is CCOc1ccc2c(O)c(OC)c(C)c(O)c2c1. The summed E-state index contributed by atoms with van der Waals surface area (Å²) in [7, 11) is 1.46. The summed E-state index contributed by atoms with van der Waals surface area (Å²) in [6.45, 7) is 4.13. The maximum Gasteiger partial charge on any atom is 0.167 e. The summed E-state index contributed by atoms with van der Waals surface area (Å²) in [4.78, 5) is 0. The highest BCUT2D eigenvalue weighted by Crippen LogP contribution is 2.44. The second-order valence-corrected chi connectivity index (χ2v) is 4.00. The molecule has 4 nitrogen and oxygen atoms in total. The van der Waals surface area contributed by atoms with Crippen LogP contribution >= 0.6 is 0 Å². The molecule has 0 fully saturated rings. The van der Waals surface area contributed by atoms with E-state index < -0.39 is 0 Å². The van der Waals surface area contributed by atoms with E-state index in [-0.39, 0.29) is 11.5 Å². The van der Waals surface area contributed by atoms with Crippen LogP contribution in [-0.4, -0.2) is 23.9 Å². The molecular formula is C14H16O4. The highest BCUT2D eigenvalue weighted by molar-refractivity contribution is 5.97. The molecule has 0 saturated carbocycles. The fraction of sp³-hybridized carbons (Fsp3) is 0.286. The van der Waals surface area contributed by atoms with Crippen molar-refractivity contribution in [1.29, 1.82) is 0 Å². The summed E-state index contributed by atoms with van der Waals surface area (Å²) in [6, 6.07) is 5.16. The smallest absolute Gasteiger partial charge is 0.167 e. The Kier molecular flexibility index (Phi) is 3.19. The highest BCUT2D eigenvalue weighted by Gasteiger charge is 2.17. The Hall–Kier alpha value is -2.10. The Balaban J connectivity index is 2.76. The van der Waals surface area contributed by atoms with Crippen LogP contribution in [0.25, 0.3) is 10.8 Å². The number of methoxy groups -OCH3 is 1. The fourth-order valence-electron chi connectivity index (χ4n) is 2.04. The van der Waals surface area contributed by atoms with Gasteiger partial charge in [-0.25, -0.2) is 0 Å². The number of ether oxygens (including phenoxy) is 2. The van der Waals surface area contributed by atoms with Crippen molar-refractivity contribution in [2.45, 2.75) is 13.8 Å². The number of hydrogen-bond donors (Lipinski definition) is 2. The van der Waals surface area contributed by atoms with E-state index in [1.165, 1.54) is 7.11 Å². The molecule has 2 N–H and O–H groups in total. The predicted octanol–water partition coefficient (Wildman–Crippen LogP) is 2.97. The summed E-state index contributed by atoms with van der Waals surface area (Å²) in [5.41, 5.74) is 0.510. The van der Waals surface area contributed by atoms with Crippen LogP contribution in [0.15, 0.2) is 18.2 Å². The van der Waals surface area contributed by atoms with Gasteiger partial charge in [0.2, 0.25) is 0 Å². The zero-order valence-corrected chi connectivity index (χ0v) is 10.7. The van der Waals surface area contributed by atoms with Gasteiger partial charge < -0.3 is 19.7 Å². The molecule has 96 valence electrons. The molecule has 2 aromatic carbocycles. The third-order valence-electron chi connectivity index (χ3n) is 2.93. The van der Waals surface area contributed by atoms with Gasteiger partial charge >= 0.3 is 0 Å². The Morgan fingerprint density at radius 3 is 2.44 bits per heavy atom. The Morgan fingerprint density at radius 2 is 1.83 bits per heavy atom. The number of phenols is 2. The van der Waals surface area contributed by atoms with E-state index in [1.807, 2.05) is 6.92 Å². The molecule has 0 heterocycles. The molecule has 0 aliphatic rings. The van der Waals surface area contributed by atoms with Gasteiger partial charge in [-0.2, -0.15) is 0 Å². The van der Waals surface area contributed by atoms with Crippen LogP contribution in [0.3, 0.4) is 0 Å². The van der Waals surface area contributed by atoms with Gasteiger partial charge in [-0.3, -0.25) is 0 Å². The molecule has 18 heavy (non-hydrogen) atoms. The predicted molar refractivity (Wildman–Crippen MR) is 69.7 cm³/mol. The van der Waals surface area contributed by atoms with Crippen LogP contribution in [0.4, 0.5) is 0 Å². The minimum Gasteiger partial charge on any atom is -0.507 e. The van der Waals surface area contributed by atoms with E-state index in [0.717, 1.165) is 0 Å². The molecule has 0 saturated heterocycles. The molecule has 0 aliphatic heterocycles. The van der Waals surface area contributed by atoms with Crippen LogP contribution in [0.5, 0.6) is 23.0 Å². The number of benzene rings is 2. The van der Waals surface area contributed by atoms with Gasteiger partial charge in [0.1, 0.15) is 11.5 Å². The van der Waals surface area contributed by atoms with E-state index >= 15 is 0 Å². The van der Waals surface area contributed by atoms with E-state index in [4.69, 9.17) is 9.47 Å². The monoisotopic (exact) mass is 248 g/mol. The van der Waals surface area contributed by atoms with Crippen LogP contribution in [0, 0.1) is 6.92 Å². The third-order valence-corrected chi connectivity index (χ3v) is 2.93. The fourth-order valence-corrected chi connectivity index (χ4v) is 2.04. The summed E-state index contributed by atoms with van der Waals surface area (Å²) >= 11 is 0. The van der Waals surface area contributed by atoms with Gasteiger partial charge in [-0.1, -0.05) is 0 Å². The normalized spacial score (nSPS) is 10.6. The molecule has 2 rings (SSSR count). The van der Waals surface area contributed by atoms with Crippen LogP contribution in [-0.2, 0) is 0 Å². The first-order valence-electron chi connectivity index (χ1n) is 5.75. The van der Waals surface area contributed by atoms with Crippen molar-refractivity contribution in [3.8, 4) is 23.0 Å². The van der Waals surface area contributed by atoms with Gasteiger partial charge in [0.05, 0.1) is 13.7 Å². The summed E-state index contributed by atoms with van der Waals surface area (Å²) in [5, 5.41) is 21.3. The largest absolute Gasteiger partial charge is 0.507 e. The number of fused-ring (bicyclic) bond motifs is 1. The average molecular weight is 248 g/mol. The lowest BCUT2D eigenvalue weighted by molar-refractivity contribution is 0.340. The topological polar surface area (TPSA) is 58.9 Å². The van der Waals surface area contributed by atoms with Crippen molar-refractivity contribution in [3.05, 3.63) is 23.8 Å². The Morgan fingerprint density at radius 1 is 1.11 bits per heavy atom. The molecule has 4 heteroatoms. The van der Waals surface area contributed by atoms with Crippen LogP contribution in [0.2, 0.25) is 0 Å². The van der Waals surface area contributed by atoms with E-state index in [2.05, 4.69) is 0 Å². The van der Waals surface area contributed by atoms with Crippen molar-refractivity contribution in [1.82, 2.24) is 0 Å². The minimum absolute atomic E-state index is 0.0332. The van der Waals surface area contributed by atoms with Gasteiger partial charge in [-0.05, 0) is 32.0 Å².